The number of H-pyrrole nitrogens is 1. The van der Waals surface area contributed by atoms with Crippen LogP contribution >= 0.6 is 11.8 Å². The van der Waals surface area contributed by atoms with Crippen LogP contribution in [0.15, 0.2) is 47.9 Å². The SMILES string of the molecule is COc1ccc2nc(SCCc3ccncc3)[nH]c2c1. The Kier molecular flexibility index (Phi) is 3.87. The van der Waals surface area contributed by atoms with Gasteiger partial charge in [0.1, 0.15) is 5.75 Å². The summed E-state index contributed by atoms with van der Waals surface area (Å²) in [6.07, 6.45) is 4.66. The largest absolute Gasteiger partial charge is 0.497 e. The maximum Gasteiger partial charge on any atom is 0.166 e. The van der Waals surface area contributed by atoms with Crippen molar-refractivity contribution in [3.8, 4) is 5.75 Å². The fourth-order valence-electron chi connectivity index (χ4n) is 1.98. The Morgan fingerprint density at radius 2 is 2.05 bits per heavy atom. The van der Waals surface area contributed by atoms with E-state index >= 15 is 0 Å². The number of aryl methyl sites for hydroxylation is 1. The fourth-order valence-corrected chi connectivity index (χ4v) is 2.85. The molecule has 0 radical (unpaired) electrons. The van der Waals surface area contributed by atoms with E-state index in [1.54, 1.807) is 18.9 Å². The van der Waals surface area contributed by atoms with Crippen molar-refractivity contribution in [3.05, 3.63) is 48.3 Å². The van der Waals surface area contributed by atoms with Crippen molar-refractivity contribution < 1.29 is 4.74 Å². The summed E-state index contributed by atoms with van der Waals surface area (Å²) in [4.78, 5) is 11.9. The van der Waals surface area contributed by atoms with Crippen LogP contribution in [0.4, 0.5) is 0 Å². The molecule has 20 heavy (non-hydrogen) atoms. The molecule has 0 aliphatic heterocycles. The summed E-state index contributed by atoms with van der Waals surface area (Å²) in [5.41, 5.74) is 3.28. The first kappa shape index (κ1) is 13.0. The third-order valence-corrected chi connectivity index (χ3v) is 3.92. The monoisotopic (exact) mass is 285 g/mol. The molecular weight excluding hydrogens is 270 g/mol. The van der Waals surface area contributed by atoms with Gasteiger partial charge in [-0.1, -0.05) is 11.8 Å². The normalized spacial score (nSPS) is 10.8. The molecule has 0 saturated carbocycles. The van der Waals surface area contributed by atoms with Crippen LogP contribution in [0.5, 0.6) is 5.75 Å². The topological polar surface area (TPSA) is 50.8 Å². The predicted octanol–water partition coefficient (Wildman–Crippen LogP) is 3.30. The molecule has 5 heteroatoms. The molecule has 0 spiro atoms. The number of aromatic nitrogens is 3. The molecule has 0 bridgehead atoms. The number of hydrogen-bond acceptors (Lipinski definition) is 4. The number of fused-ring (bicyclic) bond motifs is 1. The Morgan fingerprint density at radius 1 is 1.20 bits per heavy atom. The summed E-state index contributed by atoms with van der Waals surface area (Å²) in [6, 6.07) is 9.95. The van der Waals surface area contributed by atoms with Crippen LogP contribution in [0.2, 0.25) is 0 Å². The Balaban J connectivity index is 1.66. The van der Waals surface area contributed by atoms with Gasteiger partial charge in [0.15, 0.2) is 5.16 Å². The molecule has 102 valence electrons. The second kappa shape index (κ2) is 5.96. The molecule has 2 heterocycles. The molecule has 4 nitrogen and oxygen atoms in total. The predicted molar refractivity (Wildman–Crippen MR) is 81.3 cm³/mol. The average Bonchev–Trinajstić information content (AvgIpc) is 2.90. The first-order valence-electron chi connectivity index (χ1n) is 6.40. The van der Waals surface area contributed by atoms with E-state index in [2.05, 4.69) is 15.0 Å². The number of thioether (sulfide) groups is 1. The van der Waals surface area contributed by atoms with Crippen molar-refractivity contribution in [2.75, 3.05) is 12.9 Å². The third kappa shape index (κ3) is 2.93. The number of ether oxygens (including phenoxy) is 1. The van der Waals surface area contributed by atoms with Gasteiger partial charge in [-0.3, -0.25) is 4.98 Å². The number of imidazole rings is 1. The maximum atomic E-state index is 5.21. The lowest BCUT2D eigenvalue weighted by Crippen LogP contribution is -1.89. The first-order valence-corrected chi connectivity index (χ1v) is 7.39. The van der Waals surface area contributed by atoms with E-state index in [1.165, 1.54) is 5.56 Å². The molecule has 0 fully saturated rings. The summed E-state index contributed by atoms with van der Waals surface area (Å²) in [5.74, 6) is 1.83. The van der Waals surface area contributed by atoms with Gasteiger partial charge in [0, 0.05) is 24.2 Å². The molecule has 0 atom stereocenters. The van der Waals surface area contributed by atoms with E-state index in [4.69, 9.17) is 4.74 Å². The molecule has 1 aromatic carbocycles. The van der Waals surface area contributed by atoms with Gasteiger partial charge in [0.05, 0.1) is 18.1 Å². The molecule has 3 aromatic rings. The van der Waals surface area contributed by atoms with Gasteiger partial charge in [-0.15, -0.1) is 0 Å². The Morgan fingerprint density at radius 3 is 2.85 bits per heavy atom. The van der Waals surface area contributed by atoms with Crippen LogP contribution in [0.3, 0.4) is 0 Å². The second-order valence-corrected chi connectivity index (χ2v) is 5.46. The zero-order chi connectivity index (χ0) is 13.8. The number of methoxy groups -OCH3 is 1. The van der Waals surface area contributed by atoms with Gasteiger partial charge < -0.3 is 9.72 Å². The summed E-state index contributed by atoms with van der Waals surface area (Å²) < 4.78 is 5.21. The minimum absolute atomic E-state index is 0.842. The van der Waals surface area contributed by atoms with Gasteiger partial charge in [-0.05, 0) is 36.2 Å². The zero-order valence-corrected chi connectivity index (χ0v) is 12.0. The van der Waals surface area contributed by atoms with Crippen LogP contribution in [0.25, 0.3) is 11.0 Å². The van der Waals surface area contributed by atoms with E-state index in [9.17, 15) is 0 Å². The Bertz CT molecular complexity index is 697. The lowest BCUT2D eigenvalue weighted by atomic mass is 10.2. The maximum absolute atomic E-state index is 5.21. The van der Waals surface area contributed by atoms with Crippen LogP contribution in [-0.2, 0) is 6.42 Å². The highest BCUT2D eigenvalue weighted by Gasteiger charge is 2.04. The van der Waals surface area contributed by atoms with E-state index in [-0.39, 0.29) is 0 Å². The number of benzene rings is 1. The van der Waals surface area contributed by atoms with Crippen LogP contribution < -0.4 is 4.74 Å². The van der Waals surface area contributed by atoms with Crippen molar-refractivity contribution in [2.45, 2.75) is 11.6 Å². The summed E-state index contributed by atoms with van der Waals surface area (Å²) in [7, 11) is 1.67. The number of pyridine rings is 1. The van der Waals surface area contributed by atoms with Crippen molar-refractivity contribution in [1.29, 1.82) is 0 Å². The average molecular weight is 285 g/mol. The smallest absolute Gasteiger partial charge is 0.166 e. The zero-order valence-electron chi connectivity index (χ0n) is 11.2. The molecule has 0 saturated heterocycles. The van der Waals surface area contributed by atoms with E-state index < -0.39 is 0 Å². The molecule has 3 rings (SSSR count). The van der Waals surface area contributed by atoms with Crippen LogP contribution in [-0.4, -0.2) is 27.8 Å². The lowest BCUT2D eigenvalue weighted by Gasteiger charge is -1.98. The Hall–Kier alpha value is -2.01. The quantitative estimate of drug-likeness (QED) is 0.731. The molecule has 0 amide bonds. The highest BCUT2D eigenvalue weighted by Crippen LogP contribution is 2.23. The highest BCUT2D eigenvalue weighted by atomic mass is 32.2. The van der Waals surface area contributed by atoms with Crippen molar-refractivity contribution >= 4 is 22.8 Å². The van der Waals surface area contributed by atoms with Gasteiger partial charge in [-0.2, -0.15) is 0 Å². The molecule has 2 aromatic heterocycles. The van der Waals surface area contributed by atoms with E-state index in [0.29, 0.717) is 0 Å². The summed E-state index contributed by atoms with van der Waals surface area (Å²) in [6.45, 7) is 0. The number of rotatable bonds is 5. The minimum Gasteiger partial charge on any atom is -0.497 e. The summed E-state index contributed by atoms with van der Waals surface area (Å²) >= 11 is 1.73. The van der Waals surface area contributed by atoms with Gasteiger partial charge in [0.2, 0.25) is 0 Å². The van der Waals surface area contributed by atoms with E-state index in [1.807, 2.05) is 42.7 Å². The lowest BCUT2D eigenvalue weighted by molar-refractivity contribution is 0.415. The van der Waals surface area contributed by atoms with Gasteiger partial charge >= 0.3 is 0 Å². The molecule has 0 aliphatic rings. The van der Waals surface area contributed by atoms with Crippen LogP contribution in [0.1, 0.15) is 5.56 Å². The fraction of sp³-hybridized carbons (Fsp3) is 0.200. The van der Waals surface area contributed by atoms with Crippen molar-refractivity contribution in [2.24, 2.45) is 0 Å². The molecule has 0 unspecified atom stereocenters. The number of nitrogens with one attached hydrogen (secondary N) is 1. The highest BCUT2D eigenvalue weighted by molar-refractivity contribution is 7.99. The van der Waals surface area contributed by atoms with Crippen molar-refractivity contribution in [1.82, 2.24) is 15.0 Å². The second-order valence-electron chi connectivity index (χ2n) is 4.38. The first-order chi connectivity index (χ1) is 9.85. The Labute approximate surface area is 121 Å². The van der Waals surface area contributed by atoms with E-state index in [0.717, 1.165) is 34.1 Å². The third-order valence-electron chi connectivity index (χ3n) is 3.05. The van der Waals surface area contributed by atoms with Crippen LogP contribution in [0, 0.1) is 0 Å². The van der Waals surface area contributed by atoms with Gasteiger partial charge in [0.25, 0.3) is 0 Å². The minimum atomic E-state index is 0.842. The number of nitrogens with zero attached hydrogens (tertiary/aromatic N) is 2. The molecular formula is C15H15N3OS. The number of hydrogen-bond donors (Lipinski definition) is 1. The van der Waals surface area contributed by atoms with Crippen molar-refractivity contribution in [3.63, 3.8) is 0 Å². The molecule has 1 N–H and O–H groups in total. The van der Waals surface area contributed by atoms with Gasteiger partial charge in [-0.25, -0.2) is 4.98 Å². The number of aromatic amines is 1. The standard InChI is InChI=1S/C15H15N3OS/c1-19-12-2-3-13-14(10-12)18-15(17-13)20-9-6-11-4-7-16-8-5-11/h2-5,7-8,10H,6,9H2,1H3,(H,17,18). The summed E-state index contributed by atoms with van der Waals surface area (Å²) in [5, 5.41) is 0.947. The molecule has 0 aliphatic carbocycles.